The van der Waals surface area contributed by atoms with E-state index in [1.807, 2.05) is 0 Å². The van der Waals surface area contributed by atoms with E-state index < -0.39 is 0 Å². The first-order chi connectivity index (χ1) is 6.77. The second kappa shape index (κ2) is 6.41. The van der Waals surface area contributed by atoms with Crippen molar-refractivity contribution in [2.45, 2.75) is 58.0 Å². The molecular formula is C12H26N2. The van der Waals surface area contributed by atoms with Crippen LogP contribution in [0.5, 0.6) is 0 Å². The normalized spacial score (nSPS) is 31.9. The Morgan fingerprint density at radius 2 is 2.07 bits per heavy atom. The van der Waals surface area contributed by atoms with E-state index in [2.05, 4.69) is 31.5 Å². The highest BCUT2D eigenvalue weighted by Crippen LogP contribution is 2.18. The average molecular weight is 198 g/mol. The van der Waals surface area contributed by atoms with Gasteiger partial charge in [0.05, 0.1) is 0 Å². The number of rotatable bonds is 3. The molecule has 0 spiro atoms. The Kier molecular flexibility index (Phi) is 5.49. The van der Waals surface area contributed by atoms with Crippen LogP contribution < -0.4 is 10.6 Å². The first-order valence-electron chi connectivity index (χ1n) is 6.18. The molecule has 0 aliphatic carbocycles. The maximum absolute atomic E-state index is 3.70. The van der Waals surface area contributed by atoms with Gasteiger partial charge in [-0.2, -0.15) is 0 Å². The summed E-state index contributed by atoms with van der Waals surface area (Å²) in [6.07, 6.45) is 6.84. The lowest BCUT2D eigenvalue weighted by atomic mass is 9.91. The fraction of sp³-hybridized carbons (Fsp3) is 1.00. The molecular weight excluding hydrogens is 172 g/mol. The largest absolute Gasteiger partial charge is 0.317 e. The minimum atomic E-state index is 0.651. The van der Waals surface area contributed by atoms with Gasteiger partial charge in [0.2, 0.25) is 0 Å². The van der Waals surface area contributed by atoms with Gasteiger partial charge in [0, 0.05) is 12.1 Å². The van der Waals surface area contributed by atoms with Gasteiger partial charge in [-0.05, 0) is 45.7 Å². The van der Waals surface area contributed by atoms with Gasteiger partial charge in [-0.3, -0.25) is 0 Å². The highest BCUT2D eigenvalue weighted by atomic mass is 14.9. The van der Waals surface area contributed by atoms with E-state index in [1.165, 1.54) is 38.6 Å². The molecule has 0 aromatic rings. The minimum Gasteiger partial charge on any atom is -0.317 e. The second-order valence-electron chi connectivity index (χ2n) is 4.64. The van der Waals surface area contributed by atoms with Gasteiger partial charge >= 0.3 is 0 Å². The third kappa shape index (κ3) is 3.58. The summed E-state index contributed by atoms with van der Waals surface area (Å²) in [7, 11) is 2.07. The minimum absolute atomic E-state index is 0.651. The average Bonchev–Trinajstić information content (AvgIpc) is 2.17. The lowest BCUT2D eigenvalue weighted by Gasteiger charge is -2.29. The van der Waals surface area contributed by atoms with Crippen LogP contribution in [0.25, 0.3) is 0 Å². The molecule has 1 aliphatic rings. The fourth-order valence-electron chi connectivity index (χ4n) is 2.33. The second-order valence-corrected chi connectivity index (χ2v) is 4.64. The summed E-state index contributed by atoms with van der Waals surface area (Å²) < 4.78 is 0. The molecule has 3 atom stereocenters. The molecule has 2 N–H and O–H groups in total. The Morgan fingerprint density at radius 1 is 1.36 bits per heavy atom. The maximum atomic E-state index is 3.70. The number of nitrogens with one attached hydrogen (secondary N) is 2. The van der Waals surface area contributed by atoms with Crippen LogP contribution in [0.1, 0.15) is 46.0 Å². The van der Waals surface area contributed by atoms with Gasteiger partial charge in [-0.1, -0.05) is 19.8 Å². The topological polar surface area (TPSA) is 24.1 Å². The number of hydrogen-bond donors (Lipinski definition) is 2. The monoisotopic (exact) mass is 198 g/mol. The molecule has 0 amide bonds. The van der Waals surface area contributed by atoms with Crippen molar-refractivity contribution in [1.82, 2.24) is 10.6 Å². The molecule has 0 aromatic carbocycles. The van der Waals surface area contributed by atoms with Crippen molar-refractivity contribution >= 4 is 0 Å². The molecule has 1 saturated heterocycles. The predicted octanol–water partition coefficient (Wildman–Crippen LogP) is 2.15. The summed E-state index contributed by atoms with van der Waals surface area (Å²) in [5, 5.41) is 7.07. The molecule has 84 valence electrons. The van der Waals surface area contributed by atoms with Crippen molar-refractivity contribution < 1.29 is 0 Å². The van der Waals surface area contributed by atoms with Crippen LogP contribution in [-0.4, -0.2) is 25.7 Å². The number of hydrogen-bond acceptors (Lipinski definition) is 2. The Labute approximate surface area is 88.8 Å². The van der Waals surface area contributed by atoms with Gasteiger partial charge in [-0.15, -0.1) is 0 Å². The summed E-state index contributed by atoms with van der Waals surface area (Å²) >= 11 is 0. The third-order valence-corrected chi connectivity index (χ3v) is 3.70. The molecule has 1 aliphatic heterocycles. The zero-order valence-electron chi connectivity index (χ0n) is 9.97. The Morgan fingerprint density at radius 3 is 2.71 bits per heavy atom. The van der Waals surface area contributed by atoms with E-state index in [1.54, 1.807) is 0 Å². The van der Waals surface area contributed by atoms with Crippen LogP contribution in [0.15, 0.2) is 0 Å². The Bertz CT molecular complexity index is 145. The fourth-order valence-corrected chi connectivity index (χ4v) is 2.33. The smallest absolute Gasteiger partial charge is 0.00761 e. The molecule has 1 rings (SSSR count). The lowest BCUT2D eigenvalue weighted by Crippen LogP contribution is -2.41. The molecule has 1 heterocycles. The first-order valence-corrected chi connectivity index (χ1v) is 6.18. The molecule has 3 unspecified atom stereocenters. The molecule has 0 saturated carbocycles. The molecule has 2 heteroatoms. The molecule has 2 nitrogen and oxygen atoms in total. The van der Waals surface area contributed by atoms with Crippen LogP contribution >= 0.6 is 0 Å². The van der Waals surface area contributed by atoms with Crippen LogP contribution in [0.4, 0.5) is 0 Å². The van der Waals surface area contributed by atoms with Gasteiger partial charge in [0.1, 0.15) is 0 Å². The van der Waals surface area contributed by atoms with Gasteiger partial charge in [0.25, 0.3) is 0 Å². The SMILES string of the molecule is CCC1CCCCC(C(C)NC)CN1. The molecule has 0 aromatic heterocycles. The van der Waals surface area contributed by atoms with E-state index in [0.29, 0.717) is 6.04 Å². The summed E-state index contributed by atoms with van der Waals surface area (Å²) in [5.74, 6) is 0.814. The molecule has 1 fully saturated rings. The lowest BCUT2D eigenvalue weighted by molar-refractivity contribution is 0.291. The quantitative estimate of drug-likeness (QED) is 0.726. The zero-order valence-corrected chi connectivity index (χ0v) is 9.97. The summed E-state index contributed by atoms with van der Waals surface area (Å²) in [6, 6.07) is 1.42. The maximum Gasteiger partial charge on any atom is 0.00761 e. The van der Waals surface area contributed by atoms with E-state index in [-0.39, 0.29) is 0 Å². The summed E-state index contributed by atoms with van der Waals surface area (Å²) in [4.78, 5) is 0. The van der Waals surface area contributed by atoms with Gasteiger partial charge < -0.3 is 10.6 Å². The summed E-state index contributed by atoms with van der Waals surface area (Å²) in [5.41, 5.74) is 0. The van der Waals surface area contributed by atoms with Crippen LogP contribution in [-0.2, 0) is 0 Å². The zero-order chi connectivity index (χ0) is 10.4. The Hall–Kier alpha value is -0.0800. The molecule has 0 bridgehead atoms. The van der Waals surface area contributed by atoms with Crippen LogP contribution in [0.3, 0.4) is 0 Å². The highest BCUT2D eigenvalue weighted by Gasteiger charge is 2.19. The van der Waals surface area contributed by atoms with Gasteiger partial charge in [0.15, 0.2) is 0 Å². The van der Waals surface area contributed by atoms with Crippen molar-refractivity contribution in [2.75, 3.05) is 13.6 Å². The van der Waals surface area contributed by atoms with Crippen LogP contribution in [0, 0.1) is 5.92 Å². The van der Waals surface area contributed by atoms with E-state index in [0.717, 1.165) is 12.0 Å². The van der Waals surface area contributed by atoms with E-state index in [4.69, 9.17) is 0 Å². The highest BCUT2D eigenvalue weighted by molar-refractivity contribution is 4.78. The molecule has 0 radical (unpaired) electrons. The van der Waals surface area contributed by atoms with Gasteiger partial charge in [-0.25, -0.2) is 0 Å². The van der Waals surface area contributed by atoms with Crippen molar-refractivity contribution in [3.8, 4) is 0 Å². The van der Waals surface area contributed by atoms with Crippen molar-refractivity contribution in [3.05, 3.63) is 0 Å². The first kappa shape index (κ1) is 12.0. The van der Waals surface area contributed by atoms with E-state index in [9.17, 15) is 0 Å². The predicted molar refractivity (Wildman–Crippen MR) is 62.6 cm³/mol. The molecule has 14 heavy (non-hydrogen) atoms. The van der Waals surface area contributed by atoms with Crippen molar-refractivity contribution in [1.29, 1.82) is 0 Å². The van der Waals surface area contributed by atoms with Crippen molar-refractivity contribution in [3.63, 3.8) is 0 Å². The van der Waals surface area contributed by atoms with E-state index >= 15 is 0 Å². The van der Waals surface area contributed by atoms with Crippen LogP contribution in [0.2, 0.25) is 0 Å². The third-order valence-electron chi connectivity index (χ3n) is 3.70. The standard InChI is InChI=1S/C12H26N2/c1-4-12-8-6-5-7-11(9-14-12)10(2)13-3/h10-14H,4-9H2,1-3H3. The summed E-state index contributed by atoms with van der Waals surface area (Å²) in [6.45, 7) is 5.78. The van der Waals surface area contributed by atoms with Crippen molar-refractivity contribution in [2.24, 2.45) is 5.92 Å². The Balaban J connectivity index is 2.38.